The number of hydrogen-bond acceptors (Lipinski definition) is 5. The van der Waals surface area contributed by atoms with Gasteiger partial charge < -0.3 is 15.2 Å². The van der Waals surface area contributed by atoms with Crippen LogP contribution in [0.25, 0.3) is 0 Å². The lowest BCUT2D eigenvalue weighted by atomic mass is 10.2. The molecular weight excluding hydrogens is 218 g/mol. The standard InChI is InChI=1S/C12H17N3O2/c1-9(2)8-16-5-6-17-12-11(14)10(7-13)3-4-15-12/h3-4,9H,5-6,8,14H2,1-2H3. The van der Waals surface area contributed by atoms with E-state index in [2.05, 4.69) is 18.8 Å². The molecule has 0 saturated heterocycles. The molecule has 2 N–H and O–H groups in total. The van der Waals surface area contributed by atoms with Crippen LogP contribution < -0.4 is 10.5 Å². The molecule has 0 unspecified atom stereocenters. The number of nitrogens with two attached hydrogens (primary N) is 1. The zero-order valence-corrected chi connectivity index (χ0v) is 10.1. The van der Waals surface area contributed by atoms with E-state index in [1.54, 1.807) is 6.07 Å². The van der Waals surface area contributed by atoms with Crippen LogP contribution >= 0.6 is 0 Å². The SMILES string of the molecule is CC(C)COCCOc1nccc(C#N)c1N. The van der Waals surface area contributed by atoms with Gasteiger partial charge >= 0.3 is 0 Å². The summed E-state index contributed by atoms with van der Waals surface area (Å²) in [6, 6.07) is 3.53. The smallest absolute Gasteiger partial charge is 0.238 e. The topological polar surface area (TPSA) is 81.2 Å². The molecule has 0 bridgehead atoms. The van der Waals surface area contributed by atoms with Gasteiger partial charge in [-0.15, -0.1) is 0 Å². The number of hydrogen-bond donors (Lipinski definition) is 1. The van der Waals surface area contributed by atoms with Crippen LogP contribution in [0, 0.1) is 17.2 Å². The third-order valence-electron chi connectivity index (χ3n) is 1.99. The zero-order valence-electron chi connectivity index (χ0n) is 10.1. The fraction of sp³-hybridized carbons (Fsp3) is 0.500. The van der Waals surface area contributed by atoms with Crippen molar-refractivity contribution in [2.75, 3.05) is 25.6 Å². The summed E-state index contributed by atoms with van der Waals surface area (Å²) in [5.41, 5.74) is 6.36. The molecule has 0 aromatic carbocycles. The van der Waals surface area contributed by atoms with Gasteiger partial charge in [-0.05, 0) is 12.0 Å². The largest absolute Gasteiger partial charge is 0.474 e. The first kappa shape index (κ1) is 13.3. The van der Waals surface area contributed by atoms with Crippen LogP contribution in [0.1, 0.15) is 19.4 Å². The van der Waals surface area contributed by atoms with Crippen LogP contribution in [0.5, 0.6) is 5.88 Å². The summed E-state index contributed by atoms with van der Waals surface area (Å²) >= 11 is 0. The first-order chi connectivity index (χ1) is 8.15. The molecule has 0 saturated carbocycles. The number of rotatable bonds is 6. The maximum Gasteiger partial charge on any atom is 0.238 e. The van der Waals surface area contributed by atoms with Crippen molar-refractivity contribution >= 4 is 5.69 Å². The Labute approximate surface area is 101 Å². The van der Waals surface area contributed by atoms with E-state index >= 15 is 0 Å². The highest BCUT2D eigenvalue weighted by Gasteiger charge is 2.06. The second kappa shape index (κ2) is 6.71. The molecule has 0 spiro atoms. The van der Waals surface area contributed by atoms with Gasteiger partial charge in [-0.25, -0.2) is 4.98 Å². The van der Waals surface area contributed by atoms with Crippen LogP contribution in [-0.2, 0) is 4.74 Å². The average molecular weight is 235 g/mol. The second-order valence-corrected chi connectivity index (χ2v) is 4.01. The highest BCUT2D eigenvalue weighted by atomic mass is 16.5. The summed E-state index contributed by atoms with van der Waals surface area (Å²) < 4.78 is 10.7. The molecule has 92 valence electrons. The van der Waals surface area contributed by atoms with E-state index in [0.717, 1.165) is 0 Å². The highest BCUT2D eigenvalue weighted by molar-refractivity contribution is 5.59. The van der Waals surface area contributed by atoms with Crippen LogP contribution in [0.4, 0.5) is 5.69 Å². The molecule has 1 aromatic rings. The molecule has 5 nitrogen and oxygen atoms in total. The minimum absolute atomic E-state index is 0.277. The van der Waals surface area contributed by atoms with Gasteiger partial charge in [0.15, 0.2) is 0 Å². The van der Waals surface area contributed by atoms with Gasteiger partial charge in [0.25, 0.3) is 0 Å². The minimum atomic E-state index is 0.277. The predicted molar refractivity (Wildman–Crippen MR) is 64.5 cm³/mol. The van der Waals surface area contributed by atoms with Crippen molar-refractivity contribution in [2.24, 2.45) is 5.92 Å². The molecule has 0 aliphatic heterocycles. The number of nitrogen functional groups attached to an aromatic ring is 1. The van der Waals surface area contributed by atoms with Gasteiger partial charge in [-0.1, -0.05) is 13.8 Å². The summed E-state index contributed by atoms with van der Waals surface area (Å²) in [6.45, 7) is 5.72. The second-order valence-electron chi connectivity index (χ2n) is 4.01. The van der Waals surface area contributed by atoms with Crippen molar-refractivity contribution in [1.82, 2.24) is 4.98 Å². The van der Waals surface area contributed by atoms with Crippen LogP contribution in [0.2, 0.25) is 0 Å². The van der Waals surface area contributed by atoms with Crippen LogP contribution in [0.15, 0.2) is 12.3 Å². The van der Waals surface area contributed by atoms with Crippen LogP contribution in [-0.4, -0.2) is 24.8 Å². The maximum absolute atomic E-state index is 8.78. The Hall–Kier alpha value is -1.80. The molecule has 0 radical (unpaired) electrons. The molecule has 1 heterocycles. The number of anilines is 1. The number of nitriles is 1. The van der Waals surface area contributed by atoms with Crippen LogP contribution in [0.3, 0.4) is 0 Å². The summed E-state index contributed by atoms with van der Waals surface area (Å²) in [5.74, 6) is 0.789. The molecule has 1 rings (SSSR count). The average Bonchev–Trinajstić information content (AvgIpc) is 2.30. The van der Waals surface area contributed by atoms with Gasteiger partial charge in [0.1, 0.15) is 18.4 Å². The Morgan fingerprint density at radius 3 is 2.88 bits per heavy atom. The van der Waals surface area contributed by atoms with Gasteiger partial charge in [0.05, 0.1) is 12.2 Å². The maximum atomic E-state index is 8.78. The number of aromatic nitrogens is 1. The van der Waals surface area contributed by atoms with E-state index < -0.39 is 0 Å². The van der Waals surface area contributed by atoms with Crippen molar-refractivity contribution in [3.8, 4) is 11.9 Å². The zero-order chi connectivity index (χ0) is 12.7. The minimum Gasteiger partial charge on any atom is -0.474 e. The Morgan fingerprint density at radius 2 is 2.24 bits per heavy atom. The molecule has 1 aromatic heterocycles. The van der Waals surface area contributed by atoms with Crippen molar-refractivity contribution < 1.29 is 9.47 Å². The van der Waals surface area contributed by atoms with Crippen molar-refractivity contribution in [3.05, 3.63) is 17.8 Å². The third-order valence-corrected chi connectivity index (χ3v) is 1.99. The first-order valence-electron chi connectivity index (χ1n) is 5.50. The highest BCUT2D eigenvalue weighted by Crippen LogP contribution is 2.20. The van der Waals surface area contributed by atoms with E-state index in [9.17, 15) is 0 Å². The molecule has 0 atom stereocenters. The van der Waals surface area contributed by atoms with Crippen molar-refractivity contribution in [2.45, 2.75) is 13.8 Å². The van der Waals surface area contributed by atoms with Gasteiger partial charge in [0.2, 0.25) is 5.88 Å². The fourth-order valence-electron chi connectivity index (χ4n) is 1.18. The Bertz CT molecular complexity index is 399. The third kappa shape index (κ3) is 4.29. The van der Waals surface area contributed by atoms with E-state index in [4.69, 9.17) is 20.5 Å². The number of pyridine rings is 1. The van der Waals surface area contributed by atoms with Gasteiger partial charge in [-0.3, -0.25) is 0 Å². The molecule has 17 heavy (non-hydrogen) atoms. The van der Waals surface area contributed by atoms with Gasteiger partial charge in [-0.2, -0.15) is 5.26 Å². The monoisotopic (exact) mass is 235 g/mol. The molecule has 0 fully saturated rings. The predicted octanol–water partition coefficient (Wildman–Crippen LogP) is 1.59. The Morgan fingerprint density at radius 1 is 1.47 bits per heavy atom. The molecule has 0 aliphatic rings. The Kier molecular flexibility index (Phi) is 5.24. The van der Waals surface area contributed by atoms with Crippen molar-refractivity contribution in [3.63, 3.8) is 0 Å². The van der Waals surface area contributed by atoms with E-state index in [0.29, 0.717) is 31.3 Å². The molecular formula is C12H17N3O2. The summed E-state index contributed by atoms with van der Waals surface area (Å²) in [4.78, 5) is 3.97. The van der Waals surface area contributed by atoms with Gasteiger partial charge in [0, 0.05) is 12.8 Å². The lowest BCUT2D eigenvalue weighted by Gasteiger charge is -2.09. The lowest BCUT2D eigenvalue weighted by Crippen LogP contribution is -2.11. The molecule has 0 amide bonds. The summed E-state index contributed by atoms with van der Waals surface area (Å²) in [5, 5.41) is 8.78. The number of ether oxygens (including phenoxy) is 2. The van der Waals surface area contributed by atoms with E-state index in [1.807, 2.05) is 6.07 Å². The molecule has 0 aliphatic carbocycles. The quantitative estimate of drug-likeness (QED) is 0.757. The van der Waals surface area contributed by atoms with E-state index in [-0.39, 0.29) is 11.6 Å². The lowest BCUT2D eigenvalue weighted by molar-refractivity contribution is 0.0808. The van der Waals surface area contributed by atoms with E-state index in [1.165, 1.54) is 6.20 Å². The summed E-state index contributed by atoms with van der Waals surface area (Å²) in [6.07, 6.45) is 1.50. The number of nitrogens with zero attached hydrogens (tertiary/aromatic N) is 2. The Balaban J connectivity index is 2.40. The normalized spacial score (nSPS) is 10.2. The first-order valence-corrected chi connectivity index (χ1v) is 5.50. The summed E-state index contributed by atoms with van der Waals surface area (Å²) in [7, 11) is 0. The van der Waals surface area contributed by atoms with Crippen molar-refractivity contribution in [1.29, 1.82) is 5.26 Å². The molecule has 5 heteroatoms. The fourth-order valence-corrected chi connectivity index (χ4v) is 1.18.